The molecule has 0 saturated carbocycles. The quantitative estimate of drug-likeness (QED) is 0.379. The van der Waals surface area contributed by atoms with Gasteiger partial charge in [0, 0.05) is 19.2 Å². The predicted octanol–water partition coefficient (Wildman–Crippen LogP) is 3.79. The minimum absolute atomic E-state index is 0.0894. The predicted molar refractivity (Wildman–Crippen MR) is 122 cm³/mol. The number of nitrogens with zero attached hydrogens (tertiary/aromatic N) is 5. The standard InChI is InChI=1S/C23H22ClFN6O3/c1-4-33-22-15(12-27-31(22)3)23(2,17-10-7-11-18(24)28-17)13-26-20(32)19-29-21(34-30-19)14-8-5-6-9-16(14)25/h5-12H,4,13H2,1-3H3,(H,26,32). The number of pyridine rings is 1. The molecular weight excluding hydrogens is 463 g/mol. The van der Waals surface area contributed by atoms with E-state index in [1.807, 2.05) is 19.9 Å². The van der Waals surface area contributed by atoms with Crippen molar-refractivity contribution in [2.75, 3.05) is 13.2 Å². The fourth-order valence-corrected chi connectivity index (χ4v) is 3.71. The van der Waals surface area contributed by atoms with Crippen LogP contribution in [0, 0.1) is 5.82 Å². The van der Waals surface area contributed by atoms with Crippen molar-refractivity contribution in [2.45, 2.75) is 19.3 Å². The number of ether oxygens (including phenoxy) is 1. The third-order valence-electron chi connectivity index (χ3n) is 5.38. The first kappa shape index (κ1) is 23.4. The maximum Gasteiger partial charge on any atom is 0.292 e. The van der Waals surface area contributed by atoms with E-state index in [2.05, 4.69) is 25.5 Å². The summed E-state index contributed by atoms with van der Waals surface area (Å²) in [5.41, 5.74) is 0.567. The van der Waals surface area contributed by atoms with Gasteiger partial charge in [0.05, 0.1) is 29.5 Å². The molecule has 0 fully saturated rings. The number of hydrogen-bond donors (Lipinski definition) is 1. The third kappa shape index (κ3) is 4.49. The number of benzene rings is 1. The van der Waals surface area contributed by atoms with Gasteiger partial charge in [-0.25, -0.2) is 14.1 Å². The summed E-state index contributed by atoms with van der Waals surface area (Å²) in [6.45, 7) is 4.29. The van der Waals surface area contributed by atoms with Crippen LogP contribution < -0.4 is 10.1 Å². The Morgan fingerprint density at radius 3 is 2.76 bits per heavy atom. The zero-order valence-electron chi connectivity index (χ0n) is 18.7. The first-order chi connectivity index (χ1) is 16.3. The molecule has 4 rings (SSSR count). The molecule has 4 aromatic rings. The number of carbonyl (C=O) groups excluding carboxylic acids is 1. The number of nitrogens with one attached hydrogen (secondary N) is 1. The molecule has 3 aromatic heterocycles. The van der Waals surface area contributed by atoms with Crippen LogP contribution in [0.1, 0.15) is 35.7 Å². The van der Waals surface area contributed by atoms with Crippen molar-refractivity contribution >= 4 is 17.5 Å². The highest BCUT2D eigenvalue weighted by Gasteiger charge is 2.37. The Morgan fingerprint density at radius 2 is 2.03 bits per heavy atom. The lowest BCUT2D eigenvalue weighted by Crippen LogP contribution is -2.40. The van der Waals surface area contributed by atoms with Crippen molar-refractivity contribution in [3.05, 3.63) is 76.7 Å². The average molecular weight is 485 g/mol. The maximum atomic E-state index is 14.0. The molecule has 1 aromatic carbocycles. The molecule has 34 heavy (non-hydrogen) atoms. The normalized spacial score (nSPS) is 12.9. The van der Waals surface area contributed by atoms with Crippen molar-refractivity contribution in [3.63, 3.8) is 0 Å². The Kier molecular flexibility index (Phi) is 6.60. The molecule has 0 aliphatic rings. The van der Waals surface area contributed by atoms with Crippen LogP contribution >= 0.6 is 11.6 Å². The van der Waals surface area contributed by atoms with Gasteiger partial charge >= 0.3 is 0 Å². The van der Waals surface area contributed by atoms with Gasteiger partial charge in [-0.15, -0.1) is 0 Å². The molecule has 9 nitrogen and oxygen atoms in total. The zero-order valence-corrected chi connectivity index (χ0v) is 19.5. The minimum atomic E-state index is -0.864. The van der Waals surface area contributed by atoms with E-state index in [4.69, 9.17) is 20.9 Å². The number of carbonyl (C=O) groups is 1. The maximum absolute atomic E-state index is 14.0. The van der Waals surface area contributed by atoms with Gasteiger partial charge in [0.25, 0.3) is 17.6 Å². The summed E-state index contributed by atoms with van der Waals surface area (Å²) in [4.78, 5) is 21.4. The third-order valence-corrected chi connectivity index (χ3v) is 5.59. The van der Waals surface area contributed by atoms with Crippen LogP contribution in [0.25, 0.3) is 11.5 Å². The second kappa shape index (κ2) is 9.60. The van der Waals surface area contributed by atoms with E-state index in [0.717, 1.165) is 0 Å². The Hall–Kier alpha value is -3.79. The van der Waals surface area contributed by atoms with Crippen LogP contribution in [0.3, 0.4) is 0 Å². The molecule has 1 N–H and O–H groups in total. The lowest BCUT2D eigenvalue weighted by molar-refractivity contribution is 0.0933. The molecule has 0 bridgehead atoms. The first-order valence-electron chi connectivity index (χ1n) is 10.5. The van der Waals surface area contributed by atoms with E-state index in [1.54, 1.807) is 42.2 Å². The molecule has 3 heterocycles. The highest BCUT2D eigenvalue weighted by atomic mass is 35.5. The number of hydrogen-bond acceptors (Lipinski definition) is 7. The molecule has 0 saturated heterocycles. The summed E-state index contributed by atoms with van der Waals surface area (Å²) < 4.78 is 26.6. The lowest BCUT2D eigenvalue weighted by Gasteiger charge is -2.29. The molecule has 0 spiro atoms. The van der Waals surface area contributed by atoms with Crippen molar-refractivity contribution in [1.29, 1.82) is 0 Å². The summed E-state index contributed by atoms with van der Waals surface area (Å²) in [7, 11) is 1.77. The van der Waals surface area contributed by atoms with Crippen LogP contribution in [0.5, 0.6) is 5.88 Å². The van der Waals surface area contributed by atoms with E-state index < -0.39 is 17.1 Å². The van der Waals surface area contributed by atoms with Crippen LogP contribution in [-0.4, -0.2) is 44.0 Å². The molecular formula is C23H22ClFN6O3. The van der Waals surface area contributed by atoms with Gasteiger partial charge in [0.2, 0.25) is 5.88 Å². The molecule has 176 valence electrons. The van der Waals surface area contributed by atoms with Gasteiger partial charge in [-0.1, -0.05) is 35.0 Å². The van der Waals surface area contributed by atoms with E-state index in [1.165, 1.54) is 12.1 Å². The van der Waals surface area contributed by atoms with Crippen molar-refractivity contribution in [1.82, 2.24) is 30.2 Å². The molecule has 1 atom stereocenters. The smallest absolute Gasteiger partial charge is 0.292 e. The molecule has 1 amide bonds. The number of aromatic nitrogens is 5. The molecule has 0 aliphatic heterocycles. The van der Waals surface area contributed by atoms with E-state index in [9.17, 15) is 9.18 Å². The summed E-state index contributed by atoms with van der Waals surface area (Å²) in [6.07, 6.45) is 1.67. The zero-order chi connectivity index (χ0) is 24.3. The van der Waals surface area contributed by atoms with Crippen molar-refractivity contribution < 1.29 is 18.4 Å². The van der Waals surface area contributed by atoms with Gasteiger partial charge in [-0.2, -0.15) is 10.1 Å². The number of halogens is 2. The fourth-order valence-electron chi connectivity index (χ4n) is 3.55. The Bertz CT molecular complexity index is 1320. The summed E-state index contributed by atoms with van der Waals surface area (Å²) in [6, 6.07) is 11.2. The van der Waals surface area contributed by atoms with Crippen LogP contribution in [0.2, 0.25) is 5.15 Å². The topological polar surface area (TPSA) is 108 Å². The molecule has 11 heteroatoms. The minimum Gasteiger partial charge on any atom is -0.478 e. The fraction of sp³-hybridized carbons (Fsp3) is 0.261. The van der Waals surface area contributed by atoms with E-state index in [-0.39, 0.29) is 23.8 Å². The van der Waals surface area contributed by atoms with Gasteiger partial charge < -0.3 is 14.6 Å². The van der Waals surface area contributed by atoms with Crippen molar-refractivity contribution in [3.8, 4) is 17.3 Å². The van der Waals surface area contributed by atoms with Crippen LogP contribution in [0.15, 0.2) is 53.2 Å². The van der Waals surface area contributed by atoms with Crippen LogP contribution in [-0.2, 0) is 12.5 Å². The molecule has 1 unspecified atom stereocenters. The average Bonchev–Trinajstić information content (AvgIpc) is 3.46. The van der Waals surface area contributed by atoms with Gasteiger partial charge in [-0.3, -0.25) is 4.79 Å². The van der Waals surface area contributed by atoms with Gasteiger partial charge in [0.15, 0.2) is 0 Å². The lowest BCUT2D eigenvalue weighted by atomic mass is 9.80. The number of amides is 1. The highest BCUT2D eigenvalue weighted by molar-refractivity contribution is 6.29. The SMILES string of the molecule is CCOc1c(C(C)(CNC(=O)c2noc(-c3ccccc3F)n2)c2cccc(Cl)n2)cnn1C. The molecule has 0 radical (unpaired) electrons. The molecule has 0 aliphatic carbocycles. The Labute approximate surface area is 199 Å². The Balaban J connectivity index is 1.63. The van der Waals surface area contributed by atoms with Gasteiger partial charge in [-0.05, 0) is 38.1 Å². The van der Waals surface area contributed by atoms with E-state index in [0.29, 0.717) is 28.9 Å². The first-order valence-corrected chi connectivity index (χ1v) is 10.9. The van der Waals surface area contributed by atoms with E-state index >= 15 is 0 Å². The summed E-state index contributed by atoms with van der Waals surface area (Å²) in [5, 5.41) is 11.2. The van der Waals surface area contributed by atoms with Crippen LogP contribution in [0.4, 0.5) is 4.39 Å². The monoisotopic (exact) mass is 484 g/mol. The number of aryl methyl sites for hydroxylation is 1. The Morgan fingerprint density at radius 1 is 1.24 bits per heavy atom. The number of rotatable bonds is 8. The highest BCUT2D eigenvalue weighted by Crippen LogP contribution is 2.36. The second-order valence-corrected chi connectivity index (χ2v) is 8.07. The van der Waals surface area contributed by atoms with Crippen molar-refractivity contribution in [2.24, 2.45) is 7.05 Å². The largest absolute Gasteiger partial charge is 0.478 e. The van der Waals surface area contributed by atoms with Gasteiger partial charge in [0.1, 0.15) is 11.0 Å². The second-order valence-electron chi connectivity index (χ2n) is 7.68. The summed E-state index contributed by atoms with van der Waals surface area (Å²) >= 11 is 6.16. The summed E-state index contributed by atoms with van der Waals surface area (Å²) in [5.74, 6) is -0.897.